The number of nitrogens with zero attached hydrogens (tertiary/aromatic N) is 4. The maximum Gasteiger partial charge on any atom is 0.191 e. The summed E-state index contributed by atoms with van der Waals surface area (Å²) in [4.78, 5) is 0. The third-order valence-electron chi connectivity index (χ3n) is 4.62. The van der Waals surface area contributed by atoms with Crippen LogP contribution in [-0.2, 0) is 22.1 Å². The molecular formula is C19H20N4O3S2. The van der Waals surface area contributed by atoms with E-state index in [-0.39, 0.29) is 17.4 Å². The second-order valence-corrected chi connectivity index (χ2v) is 9.85. The van der Waals surface area contributed by atoms with Crippen LogP contribution in [0.15, 0.2) is 58.7 Å². The number of aromatic nitrogens is 4. The third-order valence-corrected chi connectivity index (χ3v) is 7.39. The van der Waals surface area contributed by atoms with Gasteiger partial charge in [-0.3, -0.25) is 0 Å². The zero-order valence-electron chi connectivity index (χ0n) is 15.2. The fraction of sp³-hybridized carbons (Fsp3) is 0.316. The smallest absolute Gasteiger partial charge is 0.191 e. The molecule has 0 N–H and O–H groups in total. The summed E-state index contributed by atoms with van der Waals surface area (Å²) in [5, 5.41) is 13.4. The molecule has 9 heteroatoms. The highest BCUT2D eigenvalue weighted by Gasteiger charge is 2.33. The SMILES string of the molecule is C=CCn1c(SCc2cc(-c3ccccc3)on2)nnc1[C@@H]1CCS(=O)(=O)C1. The molecule has 3 heterocycles. The standard InChI is InChI=1S/C19H20N4O3S2/c1-2-9-23-18(15-8-10-28(24,25)13-15)20-21-19(23)27-12-16-11-17(26-22-16)14-6-4-3-5-7-14/h2-7,11,15H,1,8-10,12-13H2/t15-/m1/s1. The van der Waals surface area contributed by atoms with Gasteiger partial charge in [0.1, 0.15) is 5.82 Å². The molecule has 1 aliphatic heterocycles. The van der Waals surface area contributed by atoms with Gasteiger partial charge in [0.05, 0.1) is 17.2 Å². The molecule has 1 aromatic carbocycles. The monoisotopic (exact) mass is 416 g/mol. The molecule has 0 bridgehead atoms. The largest absolute Gasteiger partial charge is 0.356 e. The second-order valence-electron chi connectivity index (χ2n) is 6.68. The van der Waals surface area contributed by atoms with Crippen LogP contribution in [0, 0.1) is 0 Å². The van der Waals surface area contributed by atoms with Gasteiger partial charge in [-0.05, 0) is 6.42 Å². The number of rotatable bonds is 7. The lowest BCUT2D eigenvalue weighted by atomic mass is 10.1. The van der Waals surface area contributed by atoms with E-state index in [0.717, 1.165) is 22.2 Å². The molecule has 0 amide bonds. The van der Waals surface area contributed by atoms with Crippen LogP contribution < -0.4 is 0 Å². The fourth-order valence-corrected chi connectivity index (χ4v) is 5.84. The Bertz CT molecular complexity index is 1070. The van der Waals surface area contributed by atoms with Gasteiger partial charge in [-0.2, -0.15) is 0 Å². The van der Waals surface area contributed by atoms with E-state index in [1.54, 1.807) is 6.08 Å². The molecule has 146 valence electrons. The van der Waals surface area contributed by atoms with Crippen molar-refractivity contribution < 1.29 is 12.9 Å². The maximum atomic E-state index is 11.8. The van der Waals surface area contributed by atoms with Crippen LogP contribution in [0.3, 0.4) is 0 Å². The number of sulfone groups is 1. The Morgan fingerprint density at radius 3 is 2.82 bits per heavy atom. The van der Waals surface area contributed by atoms with E-state index in [2.05, 4.69) is 21.9 Å². The van der Waals surface area contributed by atoms with Crippen molar-refractivity contribution in [3.63, 3.8) is 0 Å². The molecule has 1 fully saturated rings. The second kappa shape index (κ2) is 7.92. The van der Waals surface area contributed by atoms with Crippen LogP contribution in [0.4, 0.5) is 0 Å². The van der Waals surface area contributed by atoms with E-state index in [4.69, 9.17) is 4.52 Å². The van der Waals surface area contributed by atoms with Crippen molar-refractivity contribution in [2.75, 3.05) is 11.5 Å². The summed E-state index contributed by atoms with van der Waals surface area (Å²) in [6.45, 7) is 4.33. The number of allylic oxidation sites excluding steroid dienone is 1. The van der Waals surface area contributed by atoms with Crippen molar-refractivity contribution in [2.45, 2.75) is 29.8 Å². The minimum atomic E-state index is -2.98. The molecular weight excluding hydrogens is 396 g/mol. The lowest BCUT2D eigenvalue weighted by Crippen LogP contribution is -2.11. The van der Waals surface area contributed by atoms with Crippen LogP contribution in [0.2, 0.25) is 0 Å². The van der Waals surface area contributed by atoms with Gasteiger partial charge in [0.25, 0.3) is 0 Å². The molecule has 0 unspecified atom stereocenters. The molecule has 7 nitrogen and oxygen atoms in total. The average molecular weight is 417 g/mol. The molecule has 0 aliphatic carbocycles. The first-order valence-electron chi connectivity index (χ1n) is 8.94. The number of thioether (sulfide) groups is 1. The minimum Gasteiger partial charge on any atom is -0.356 e. The van der Waals surface area contributed by atoms with E-state index in [1.807, 2.05) is 41.0 Å². The molecule has 1 saturated heterocycles. The van der Waals surface area contributed by atoms with Gasteiger partial charge in [-0.25, -0.2) is 8.42 Å². The fourth-order valence-electron chi connectivity index (χ4n) is 3.26. The highest BCUT2D eigenvalue weighted by Crippen LogP contribution is 2.31. The number of hydrogen-bond acceptors (Lipinski definition) is 7. The predicted molar refractivity (Wildman–Crippen MR) is 108 cm³/mol. The quantitative estimate of drug-likeness (QED) is 0.431. The van der Waals surface area contributed by atoms with Gasteiger partial charge in [-0.15, -0.1) is 16.8 Å². The minimum absolute atomic E-state index is 0.108. The van der Waals surface area contributed by atoms with Gasteiger partial charge in [0.15, 0.2) is 20.8 Å². The zero-order chi connectivity index (χ0) is 19.6. The first-order valence-corrected chi connectivity index (χ1v) is 11.7. The predicted octanol–water partition coefficient (Wildman–Crippen LogP) is 3.31. The Morgan fingerprint density at radius 2 is 2.11 bits per heavy atom. The Labute approximate surface area is 167 Å². The molecule has 3 aromatic rings. The summed E-state index contributed by atoms with van der Waals surface area (Å²) >= 11 is 1.50. The van der Waals surface area contributed by atoms with Crippen molar-refractivity contribution in [3.8, 4) is 11.3 Å². The molecule has 2 aromatic heterocycles. The lowest BCUT2D eigenvalue weighted by molar-refractivity contribution is 0.426. The van der Waals surface area contributed by atoms with Gasteiger partial charge in [0.2, 0.25) is 0 Å². The van der Waals surface area contributed by atoms with Gasteiger partial charge in [0, 0.05) is 29.8 Å². The summed E-state index contributed by atoms with van der Waals surface area (Å²) in [7, 11) is -2.98. The van der Waals surface area contributed by atoms with Crippen molar-refractivity contribution in [1.82, 2.24) is 19.9 Å². The van der Waals surface area contributed by atoms with Crippen molar-refractivity contribution >= 4 is 21.6 Å². The van der Waals surface area contributed by atoms with Crippen LogP contribution in [0.1, 0.15) is 23.9 Å². The Balaban J connectivity index is 1.49. The van der Waals surface area contributed by atoms with Crippen molar-refractivity contribution in [2.24, 2.45) is 0 Å². The first-order chi connectivity index (χ1) is 13.6. The maximum absolute atomic E-state index is 11.8. The normalized spacial score (nSPS) is 18.4. The van der Waals surface area contributed by atoms with E-state index in [9.17, 15) is 8.42 Å². The first kappa shape index (κ1) is 18.9. The molecule has 1 aliphatic rings. The molecule has 0 radical (unpaired) electrons. The highest BCUT2D eigenvalue weighted by molar-refractivity contribution is 7.98. The third kappa shape index (κ3) is 4.05. The van der Waals surface area contributed by atoms with E-state index < -0.39 is 9.84 Å². The number of benzene rings is 1. The molecule has 28 heavy (non-hydrogen) atoms. The Hall–Kier alpha value is -2.39. The lowest BCUT2D eigenvalue weighted by Gasteiger charge is -2.10. The van der Waals surface area contributed by atoms with Crippen LogP contribution in [0.25, 0.3) is 11.3 Å². The van der Waals surface area contributed by atoms with Gasteiger partial charge < -0.3 is 9.09 Å². The summed E-state index contributed by atoms with van der Waals surface area (Å²) in [5.41, 5.74) is 1.79. The van der Waals surface area contributed by atoms with Crippen LogP contribution in [0.5, 0.6) is 0 Å². The van der Waals surface area contributed by atoms with Crippen molar-refractivity contribution in [1.29, 1.82) is 0 Å². The average Bonchev–Trinajstić information content (AvgIpc) is 3.40. The van der Waals surface area contributed by atoms with E-state index in [1.165, 1.54) is 11.8 Å². The number of hydrogen-bond donors (Lipinski definition) is 0. The Morgan fingerprint density at radius 1 is 1.29 bits per heavy atom. The van der Waals surface area contributed by atoms with Gasteiger partial charge >= 0.3 is 0 Å². The van der Waals surface area contributed by atoms with E-state index >= 15 is 0 Å². The topological polar surface area (TPSA) is 90.9 Å². The van der Waals surface area contributed by atoms with Crippen LogP contribution in [-0.4, -0.2) is 39.8 Å². The molecule has 1 atom stereocenters. The molecule has 4 rings (SSSR count). The summed E-state index contributed by atoms with van der Waals surface area (Å²) in [5.74, 6) is 2.26. The summed E-state index contributed by atoms with van der Waals surface area (Å²) < 4.78 is 31.0. The van der Waals surface area contributed by atoms with Crippen LogP contribution >= 0.6 is 11.8 Å². The summed E-state index contributed by atoms with van der Waals surface area (Å²) in [6, 6.07) is 11.7. The van der Waals surface area contributed by atoms with E-state index in [0.29, 0.717) is 24.5 Å². The molecule has 0 saturated carbocycles. The molecule has 0 spiro atoms. The summed E-state index contributed by atoms with van der Waals surface area (Å²) in [6.07, 6.45) is 2.36. The zero-order valence-corrected chi connectivity index (χ0v) is 16.8. The van der Waals surface area contributed by atoms with Crippen molar-refractivity contribution in [3.05, 3.63) is 60.6 Å². The highest BCUT2D eigenvalue weighted by atomic mass is 32.2. The Kier molecular flexibility index (Phi) is 5.36. The van der Waals surface area contributed by atoms with Gasteiger partial charge in [-0.1, -0.05) is 53.3 Å².